The monoisotopic (exact) mass is 442 g/mol. The average molecular weight is 442 g/mol. The molecule has 0 saturated heterocycles. The fourth-order valence-electron chi connectivity index (χ4n) is 2.75. The first-order chi connectivity index (χ1) is 13.8. The number of carbonyl (C=O) groups is 2. The molecular weight excluding hydrogens is 426 g/mol. The van der Waals surface area contributed by atoms with Gasteiger partial charge in [0.1, 0.15) is 11.5 Å². The van der Waals surface area contributed by atoms with Gasteiger partial charge in [-0.2, -0.15) is 26.3 Å². The molecule has 2 amide bonds. The van der Waals surface area contributed by atoms with Crippen molar-refractivity contribution in [2.75, 3.05) is 14.2 Å². The first-order valence-corrected chi connectivity index (χ1v) is 8.14. The normalized spacial score (nSPS) is 17.4. The number of hydrogen-bond acceptors (Lipinski definition) is 5. The van der Waals surface area contributed by atoms with Crippen LogP contribution in [0.3, 0.4) is 0 Å². The van der Waals surface area contributed by atoms with Crippen molar-refractivity contribution in [1.82, 2.24) is 10.6 Å². The number of ether oxygens (including phenoxy) is 3. The molecule has 0 bridgehead atoms. The van der Waals surface area contributed by atoms with Gasteiger partial charge in [0, 0.05) is 11.3 Å². The molecule has 13 heteroatoms. The van der Waals surface area contributed by atoms with E-state index in [0.717, 1.165) is 6.92 Å². The van der Waals surface area contributed by atoms with E-state index >= 15 is 0 Å². The fraction of sp³-hybridized carbons (Fsp3) is 0.412. The van der Waals surface area contributed by atoms with Crippen LogP contribution in [-0.4, -0.2) is 44.7 Å². The quantitative estimate of drug-likeness (QED) is 0.540. The number of amides is 2. The Labute approximate surface area is 166 Å². The summed E-state index contributed by atoms with van der Waals surface area (Å²) < 4.78 is 90.8. The molecule has 2 rings (SSSR count). The molecule has 0 fully saturated rings. The number of alkyl halides is 6. The van der Waals surface area contributed by atoms with Crippen molar-refractivity contribution in [3.8, 4) is 11.5 Å². The Balaban J connectivity index is 2.54. The zero-order valence-corrected chi connectivity index (χ0v) is 15.7. The van der Waals surface area contributed by atoms with E-state index in [1.54, 1.807) is 0 Å². The molecule has 0 saturated carbocycles. The van der Waals surface area contributed by atoms with Crippen molar-refractivity contribution in [2.24, 2.45) is 0 Å². The van der Waals surface area contributed by atoms with Gasteiger partial charge in [0.05, 0.1) is 25.8 Å². The third-order valence-electron chi connectivity index (χ3n) is 4.06. The Morgan fingerprint density at radius 2 is 1.67 bits per heavy atom. The van der Waals surface area contributed by atoms with Crippen LogP contribution in [0.15, 0.2) is 29.5 Å². The second-order valence-corrected chi connectivity index (χ2v) is 6.05. The molecule has 1 unspecified atom stereocenters. The molecule has 1 aliphatic rings. The first kappa shape index (κ1) is 23.2. The van der Waals surface area contributed by atoms with Crippen LogP contribution in [0.25, 0.3) is 0 Å². The number of nitrogens with one attached hydrogen (secondary N) is 2. The highest BCUT2D eigenvalue weighted by Crippen LogP contribution is 2.39. The number of esters is 1. The lowest BCUT2D eigenvalue weighted by molar-refractivity contribution is -0.312. The van der Waals surface area contributed by atoms with Crippen LogP contribution < -0.4 is 20.1 Å². The van der Waals surface area contributed by atoms with E-state index in [0.29, 0.717) is 0 Å². The topological polar surface area (TPSA) is 85.9 Å². The molecule has 1 aliphatic heterocycles. The zero-order valence-electron chi connectivity index (χ0n) is 15.7. The summed E-state index contributed by atoms with van der Waals surface area (Å²) >= 11 is 0. The molecule has 7 nitrogen and oxygen atoms in total. The zero-order chi connectivity index (χ0) is 22.9. The second kappa shape index (κ2) is 8.32. The number of allylic oxidation sites excluding steroid dienone is 1. The molecule has 2 N–H and O–H groups in total. The average Bonchev–Trinajstić information content (AvgIpc) is 2.62. The minimum Gasteiger partial charge on any atom is -0.497 e. The highest BCUT2D eigenvalue weighted by atomic mass is 19.4. The molecule has 30 heavy (non-hydrogen) atoms. The van der Waals surface area contributed by atoms with Gasteiger partial charge >= 0.3 is 24.4 Å². The van der Waals surface area contributed by atoms with Gasteiger partial charge in [-0.3, -0.25) is 0 Å². The number of benzene rings is 1. The van der Waals surface area contributed by atoms with Crippen molar-refractivity contribution < 1.29 is 50.1 Å². The Morgan fingerprint density at radius 1 is 1.07 bits per heavy atom. The number of methoxy groups -OCH3 is 2. The number of rotatable bonds is 5. The third kappa shape index (κ3) is 4.89. The summed E-state index contributed by atoms with van der Waals surface area (Å²) in [5.41, 5.74) is -0.907. The lowest BCUT2D eigenvalue weighted by atomic mass is 9.94. The summed E-state index contributed by atoms with van der Waals surface area (Å²) in [7, 11) is 2.55. The lowest BCUT2D eigenvalue weighted by Gasteiger charge is -2.31. The SMILES string of the molecule is COc1ccc(OC)c(C2NC(=O)NC(C)=C2C(=O)OC(C(F)(F)F)C(F)(F)F)c1. The molecule has 1 atom stereocenters. The van der Waals surface area contributed by atoms with Gasteiger partial charge in [-0.15, -0.1) is 0 Å². The maximum Gasteiger partial charge on any atom is 0.434 e. The number of carbonyl (C=O) groups excluding carboxylic acids is 2. The van der Waals surface area contributed by atoms with Gasteiger partial charge in [0.2, 0.25) is 0 Å². The second-order valence-electron chi connectivity index (χ2n) is 6.05. The van der Waals surface area contributed by atoms with Crippen LogP contribution in [0, 0.1) is 0 Å². The molecule has 0 radical (unpaired) electrons. The molecule has 1 aromatic carbocycles. The summed E-state index contributed by atoms with van der Waals surface area (Å²) in [6.07, 6.45) is -16.1. The summed E-state index contributed by atoms with van der Waals surface area (Å²) in [5.74, 6) is -1.61. The number of urea groups is 1. The highest BCUT2D eigenvalue weighted by Gasteiger charge is 2.60. The summed E-state index contributed by atoms with van der Waals surface area (Å²) in [6.45, 7) is 1.13. The fourth-order valence-corrected chi connectivity index (χ4v) is 2.75. The standard InChI is InChI=1S/C17H16F6N2O5/c1-7-11(13(26)30-14(16(18,19)20)17(21,22)23)12(25-15(27)24-7)9-6-8(28-2)4-5-10(9)29-3/h4-6,12,14H,1-3H3,(H2,24,25,27). The van der Waals surface area contributed by atoms with Gasteiger partial charge in [0.15, 0.2) is 0 Å². The van der Waals surface area contributed by atoms with Crippen LogP contribution in [-0.2, 0) is 9.53 Å². The van der Waals surface area contributed by atoms with Crippen molar-refractivity contribution >= 4 is 12.0 Å². The Bertz CT molecular complexity index is 851. The molecular formula is C17H16F6N2O5. The molecule has 1 heterocycles. The van der Waals surface area contributed by atoms with E-state index in [9.17, 15) is 35.9 Å². The van der Waals surface area contributed by atoms with E-state index in [1.807, 2.05) is 0 Å². The third-order valence-corrected chi connectivity index (χ3v) is 4.06. The molecule has 0 aliphatic carbocycles. The minimum atomic E-state index is -5.89. The minimum absolute atomic E-state index is 0.0496. The highest BCUT2D eigenvalue weighted by molar-refractivity contribution is 5.95. The van der Waals surface area contributed by atoms with Crippen LogP contribution in [0.2, 0.25) is 0 Å². The smallest absolute Gasteiger partial charge is 0.434 e. The van der Waals surface area contributed by atoms with E-state index in [2.05, 4.69) is 15.4 Å². The summed E-state index contributed by atoms with van der Waals surface area (Å²) in [4.78, 5) is 24.3. The van der Waals surface area contributed by atoms with E-state index in [-0.39, 0.29) is 22.8 Å². The number of hydrogen-bond donors (Lipinski definition) is 2. The van der Waals surface area contributed by atoms with Crippen LogP contribution in [0.4, 0.5) is 31.1 Å². The lowest BCUT2D eigenvalue weighted by Crippen LogP contribution is -2.49. The van der Waals surface area contributed by atoms with Gasteiger partial charge in [-0.25, -0.2) is 9.59 Å². The van der Waals surface area contributed by atoms with Crippen LogP contribution in [0.1, 0.15) is 18.5 Å². The maximum atomic E-state index is 12.8. The first-order valence-electron chi connectivity index (χ1n) is 8.14. The van der Waals surface area contributed by atoms with Crippen molar-refractivity contribution in [3.05, 3.63) is 35.0 Å². The predicted octanol–water partition coefficient (Wildman–Crippen LogP) is 3.37. The number of halogens is 6. The maximum absolute atomic E-state index is 12.8. The van der Waals surface area contributed by atoms with Crippen molar-refractivity contribution in [2.45, 2.75) is 31.4 Å². The van der Waals surface area contributed by atoms with E-state index < -0.39 is 42.1 Å². The molecule has 0 aromatic heterocycles. The summed E-state index contributed by atoms with van der Waals surface area (Å²) in [5, 5.41) is 4.38. The molecule has 0 spiro atoms. The van der Waals surface area contributed by atoms with E-state index in [4.69, 9.17) is 9.47 Å². The van der Waals surface area contributed by atoms with Gasteiger partial charge in [0.25, 0.3) is 6.10 Å². The molecule has 1 aromatic rings. The van der Waals surface area contributed by atoms with Gasteiger partial charge < -0.3 is 24.8 Å². The largest absolute Gasteiger partial charge is 0.497 e. The predicted molar refractivity (Wildman–Crippen MR) is 88.6 cm³/mol. The molecule has 166 valence electrons. The Hall–Kier alpha value is -3.12. The van der Waals surface area contributed by atoms with Crippen LogP contribution >= 0.6 is 0 Å². The Morgan fingerprint density at radius 3 is 2.17 bits per heavy atom. The van der Waals surface area contributed by atoms with Crippen molar-refractivity contribution in [1.29, 1.82) is 0 Å². The Kier molecular flexibility index (Phi) is 6.42. The van der Waals surface area contributed by atoms with Crippen molar-refractivity contribution in [3.63, 3.8) is 0 Å². The van der Waals surface area contributed by atoms with E-state index in [1.165, 1.54) is 32.4 Å². The van der Waals surface area contributed by atoms with Gasteiger partial charge in [-0.1, -0.05) is 0 Å². The summed E-state index contributed by atoms with van der Waals surface area (Å²) in [6, 6.07) is 1.83. The van der Waals surface area contributed by atoms with Crippen LogP contribution in [0.5, 0.6) is 11.5 Å². The van der Waals surface area contributed by atoms with Gasteiger partial charge in [-0.05, 0) is 25.1 Å².